The third kappa shape index (κ3) is 3.41. The number of benzene rings is 1. The smallest absolute Gasteiger partial charge is 0.0788 e. The maximum Gasteiger partial charge on any atom is 0.0788 e. The molecule has 116 valence electrons. The molecule has 1 saturated carbocycles. The minimum Gasteiger partial charge on any atom is -0.388 e. The molecule has 2 fully saturated rings. The van der Waals surface area contributed by atoms with Gasteiger partial charge in [-0.05, 0) is 43.4 Å². The molecule has 1 aliphatic heterocycles. The Labute approximate surface area is 128 Å². The highest BCUT2D eigenvalue weighted by Crippen LogP contribution is 2.27. The third-order valence-electron chi connectivity index (χ3n) is 5.13. The van der Waals surface area contributed by atoms with Crippen LogP contribution in [0.15, 0.2) is 24.3 Å². The second-order valence-electron chi connectivity index (χ2n) is 6.48. The fourth-order valence-corrected chi connectivity index (χ4v) is 3.48. The number of anilines is 1. The van der Waals surface area contributed by atoms with Gasteiger partial charge in [0.1, 0.15) is 0 Å². The summed E-state index contributed by atoms with van der Waals surface area (Å²) >= 11 is 0. The monoisotopic (exact) mass is 288 g/mol. The van der Waals surface area contributed by atoms with E-state index in [9.17, 15) is 5.11 Å². The highest BCUT2D eigenvalue weighted by atomic mass is 16.3. The zero-order valence-electron chi connectivity index (χ0n) is 13.2. The minimum atomic E-state index is -0.330. The first kappa shape index (κ1) is 14.9. The summed E-state index contributed by atoms with van der Waals surface area (Å²) in [6, 6.07) is 9.34. The normalized spacial score (nSPS) is 22.7. The van der Waals surface area contributed by atoms with Crippen molar-refractivity contribution in [1.82, 2.24) is 4.90 Å². The average Bonchev–Trinajstić information content (AvgIpc) is 2.71. The highest BCUT2D eigenvalue weighted by Gasteiger charge is 2.26. The first-order chi connectivity index (χ1) is 10.3. The van der Waals surface area contributed by atoms with Crippen LogP contribution in [0, 0.1) is 0 Å². The molecule has 3 nitrogen and oxygen atoms in total. The van der Waals surface area contributed by atoms with E-state index in [1.54, 1.807) is 0 Å². The maximum absolute atomic E-state index is 10.0. The van der Waals surface area contributed by atoms with Crippen molar-refractivity contribution in [2.75, 3.05) is 31.1 Å². The van der Waals surface area contributed by atoms with Crippen LogP contribution in [-0.4, -0.2) is 42.2 Å². The van der Waals surface area contributed by atoms with Crippen molar-refractivity contribution in [2.45, 2.75) is 51.2 Å². The average molecular weight is 288 g/mol. The molecule has 1 atom stereocenters. The van der Waals surface area contributed by atoms with Crippen LogP contribution in [0.1, 0.15) is 50.7 Å². The number of hydrogen-bond donors (Lipinski definition) is 1. The molecule has 21 heavy (non-hydrogen) atoms. The summed E-state index contributed by atoms with van der Waals surface area (Å²) in [5.41, 5.74) is 2.32. The number of hydrogen-bond acceptors (Lipinski definition) is 3. The van der Waals surface area contributed by atoms with E-state index in [0.717, 1.165) is 31.1 Å². The Kier molecular flexibility index (Phi) is 4.81. The molecule has 3 heteroatoms. The third-order valence-corrected chi connectivity index (χ3v) is 5.13. The van der Waals surface area contributed by atoms with Gasteiger partial charge in [0.25, 0.3) is 0 Å². The Balaban J connectivity index is 1.66. The molecule has 2 aliphatic rings. The first-order valence-corrected chi connectivity index (χ1v) is 8.55. The summed E-state index contributed by atoms with van der Waals surface area (Å²) in [5, 5.41) is 10.0. The van der Waals surface area contributed by atoms with Crippen LogP contribution in [0.4, 0.5) is 5.69 Å². The van der Waals surface area contributed by atoms with Crippen LogP contribution in [0.25, 0.3) is 0 Å². The van der Waals surface area contributed by atoms with Gasteiger partial charge in [0, 0.05) is 37.9 Å². The van der Waals surface area contributed by atoms with Gasteiger partial charge in [-0.3, -0.25) is 4.90 Å². The van der Waals surface area contributed by atoms with Crippen LogP contribution in [0.5, 0.6) is 0 Å². The van der Waals surface area contributed by atoms with Crippen LogP contribution >= 0.6 is 0 Å². The van der Waals surface area contributed by atoms with Crippen LogP contribution in [-0.2, 0) is 0 Å². The van der Waals surface area contributed by atoms with Crippen molar-refractivity contribution >= 4 is 5.69 Å². The van der Waals surface area contributed by atoms with Crippen molar-refractivity contribution in [1.29, 1.82) is 0 Å². The van der Waals surface area contributed by atoms with E-state index in [0.29, 0.717) is 0 Å². The molecule has 0 amide bonds. The van der Waals surface area contributed by atoms with Gasteiger partial charge in [-0.15, -0.1) is 0 Å². The number of nitrogens with zero attached hydrogens (tertiary/aromatic N) is 2. The van der Waals surface area contributed by atoms with Crippen molar-refractivity contribution in [3.8, 4) is 0 Å². The van der Waals surface area contributed by atoms with Gasteiger partial charge in [-0.1, -0.05) is 25.5 Å². The lowest BCUT2D eigenvalue weighted by atomic mass is 9.91. The Morgan fingerprint density at radius 1 is 1.14 bits per heavy atom. The molecular weight excluding hydrogens is 260 g/mol. The summed E-state index contributed by atoms with van der Waals surface area (Å²) in [4.78, 5) is 5.18. The standard InChI is InChI=1S/C18H28N2O/c1-2-18(21)15-6-3-9-17(14-15)20-11-5-10-19(12-13-20)16-7-4-8-16/h3,6,9,14,16,18,21H,2,4-5,7-8,10-13H2,1H3. The van der Waals surface area contributed by atoms with Gasteiger partial charge >= 0.3 is 0 Å². The molecule has 1 aliphatic carbocycles. The Bertz CT molecular complexity index is 458. The van der Waals surface area contributed by atoms with Crippen LogP contribution < -0.4 is 4.90 Å². The number of aliphatic hydroxyl groups excluding tert-OH is 1. The molecular formula is C18H28N2O. The van der Waals surface area contributed by atoms with E-state index in [2.05, 4.69) is 28.0 Å². The topological polar surface area (TPSA) is 26.7 Å². The highest BCUT2D eigenvalue weighted by molar-refractivity contribution is 5.49. The van der Waals surface area contributed by atoms with Gasteiger partial charge < -0.3 is 10.0 Å². The second-order valence-corrected chi connectivity index (χ2v) is 6.48. The Morgan fingerprint density at radius 2 is 2.00 bits per heavy atom. The van der Waals surface area contributed by atoms with E-state index >= 15 is 0 Å². The van der Waals surface area contributed by atoms with E-state index in [-0.39, 0.29) is 6.10 Å². The van der Waals surface area contributed by atoms with Gasteiger partial charge in [-0.25, -0.2) is 0 Å². The Morgan fingerprint density at radius 3 is 2.71 bits per heavy atom. The van der Waals surface area contributed by atoms with Gasteiger partial charge in [-0.2, -0.15) is 0 Å². The molecule has 1 heterocycles. The molecule has 3 rings (SSSR count). The van der Waals surface area contributed by atoms with E-state index in [1.165, 1.54) is 44.5 Å². The zero-order chi connectivity index (χ0) is 14.7. The molecule has 1 N–H and O–H groups in total. The molecule has 1 unspecified atom stereocenters. The number of aliphatic hydroxyl groups is 1. The Hall–Kier alpha value is -1.06. The lowest BCUT2D eigenvalue weighted by molar-refractivity contribution is 0.136. The molecule has 1 aromatic rings. The lowest BCUT2D eigenvalue weighted by Gasteiger charge is -2.36. The largest absolute Gasteiger partial charge is 0.388 e. The van der Waals surface area contributed by atoms with Crippen LogP contribution in [0.3, 0.4) is 0 Å². The molecule has 0 bridgehead atoms. The summed E-state index contributed by atoms with van der Waals surface area (Å²) in [7, 11) is 0. The van der Waals surface area contributed by atoms with Gasteiger partial charge in [0.2, 0.25) is 0 Å². The minimum absolute atomic E-state index is 0.330. The maximum atomic E-state index is 10.0. The van der Waals surface area contributed by atoms with Crippen molar-refractivity contribution < 1.29 is 5.11 Å². The van der Waals surface area contributed by atoms with Crippen molar-refractivity contribution in [3.05, 3.63) is 29.8 Å². The second kappa shape index (κ2) is 6.80. The van der Waals surface area contributed by atoms with Crippen LogP contribution in [0.2, 0.25) is 0 Å². The predicted octanol–water partition coefficient (Wildman–Crippen LogP) is 3.19. The molecule has 1 aromatic carbocycles. The number of rotatable bonds is 4. The van der Waals surface area contributed by atoms with E-state index < -0.39 is 0 Å². The van der Waals surface area contributed by atoms with Gasteiger partial charge in [0.05, 0.1) is 6.10 Å². The summed E-state index contributed by atoms with van der Waals surface area (Å²) < 4.78 is 0. The summed E-state index contributed by atoms with van der Waals surface area (Å²) in [6.07, 6.45) is 5.91. The molecule has 0 aromatic heterocycles. The summed E-state index contributed by atoms with van der Waals surface area (Å²) in [5.74, 6) is 0. The quantitative estimate of drug-likeness (QED) is 0.921. The zero-order valence-corrected chi connectivity index (χ0v) is 13.2. The van der Waals surface area contributed by atoms with E-state index in [1.807, 2.05) is 13.0 Å². The van der Waals surface area contributed by atoms with Crippen molar-refractivity contribution in [2.24, 2.45) is 0 Å². The molecule has 0 spiro atoms. The predicted molar refractivity (Wildman–Crippen MR) is 87.7 cm³/mol. The summed E-state index contributed by atoms with van der Waals surface area (Å²) in [6.45, 7) is 6.71. The first-order valence-electron chi connectivity index (χ1n) is 8.55. The molecule has 0 radical (unpaired) electrons. The SMILES string of the molecule is CCC(O)c1cccc(N2CCCN(C3CCC3)CC2)c1. The fourth-order valence-electron chi connectivity index (χ4n) is 3.48. The van der Waals surface area contributed by atoms with E-state index in [4.69, 9.17) is 0 Å². The lowest BCUT2D eigenvalue weighted by Crippen LogP contribution is -2.42. The van der Waals surface area contributed by atoms with Gasteiger partial charge in [0.15, 0.2) is 0 Å². The van der Waals surface area contributed by atoms with Crippen molar-refractivity contribution in [3.63, 3.8) is 0 Å². The fraction of sp³-hybridized carbons (Fsp3) is 0.667. The molecule has 1 saturated heterocycles.